The van der Waals surface area contributed by atoms with Crippen molar-refractivity contribution in [2.24, 2.45) is 12.8 Å². The summed E-state index contributed by atoms with van der Waals surface area (Å²) >= 11 is 0. The largest absolute Gasteiger partial charge is 0.336 e. The number of nitriles is 1. The molecule has 24 heavy (non-hydrogen) atoms. The number of rotatable bonds is 3. The Balaban J connectivity index is 2.27. The molecular formula is C18H14F2N4. The van der Waals surface area contributed by atoms with E-state index in [1.165, 1.54) is 24.3 Å². The van der Waals surface area contributed by atoms with Crippen molar-refractivity contribution in [2.75, 3.05) is 0 Å². The third-order valence-electron chi connectivity index (χ3n) is 4.07. The van der Waals surface area contributed by atoms with Crippen LogP contribution >= 0.6 is 0 Å². The van der Waals surface area contributed by atoms with Gasteiger partial charge in [-0.05, 0) is 35.4 Å². The molecule has 3 rings (SSSR count). The number of aryl methyl sites for hydroxylation is 1. The third-order valence-corrected chi connectivity index (χ3v) is 4.07. The highest BCUT2D eigenvalue weighted by Gasteiger charge is 2.35. The zero-order chi connectivity index (χ0) is 17.3. The smallest absolute Gasteiger partial charge is 0.141 e. The predicted molar refractivity (Wildman–Crippen MR) is 84.8 cm³/mol. The molecule has 1 unspecified atom stereocenters. The lowest BCUT2D eigenvalue weighted by Crippen LogP contribution is -2.41. The van der Waals surface area contributed by atoms with Crippen LogP contribution in [0.2, 0.25) is 0 Å². The van der Waals surface area contributed by atoms with Crippen LogP contribution in [-0.4, -0.2) is 9.55 Å². The number of hydrogen-bond donors (Lipinski definition) is 1. The first-order chi connectivity index (χ1) is 11.5. The number of halogens is 2. The minimum absolute atomic E-state index is 0.0646. The number of nitrogens with zero attached hydrogens (tertiary/aromatic N) is 3. The Morgan fingerprint density at radius 2 is 1.79 bits per heavy atom. The molecule has 0 aliphatic rings. The Bertz CT molecular complexity index is 925. The van der Waals surface area contributed by atoms with Crippen molar-refractivity contribution in [1.82, 2.24) is 9.55 Å². The van der Waals surface area contributed by atoms with Crippen molar-refractivity contribution in [1.29, 1.82) is 5.26 Å². The summed E-state index contributed by atoms with van der Waals surface area (Å²) < 4.78 is 29.2. The van der Waals surface area contributed by atoms with E-state index in [0.29, 0.717) is 16.8 Å². The minimum atomic E-state index is -1.24. The summed E-state index contributed by atoms with van der Waals surface area (Å²) in [6, 6.07) is 11.7. The number of imidazole rings is 1. The molecule has 2 N–H and O–H groups in total. The maximum Gasteiger partial charge on any atom is 0.141 e. The van der Waals surface area contributed by atoms with E-state index in [9.17, 15) is 8.78 Å². The highest BCUT2D eigenvalue weighted by atomic mass is 19.1. The Hall–Kier alpha value is -3.04. The number of aromatic nitrogens is 2. The lowest BCUT2D eigenvalue weighted by atomic mass is 9.80. The summed E-state index contributed by atoms with van der Waals surface area (Å²) in [5.41, 5.74) is 7.01. The van der Waals surface area contributed by atoms with Gasteiger partial charge in [-0.3, -0.25) is 0 Å². The van der Waals surface area contributed by atoms with Gasteiger partial charge in [0.25, 0.3) is 0 Å². The zero-order valence-corrected chi connectivity index (χ0v) is 12.9. The molecule has 6 heteroatoms. The van der Waals surface area contributed by atoms with Gasteiger partial charge in [-0.2, -0.15) is 5.26 Å². The standard InChI is InChI=1S/C18H14F2N4/c1-24-11-23-10-17(24)18(22,13-4-6-15(19)7-5-13)14-3-2-12(9-21)16(20)8-14/h2-8,10-11H,22H2,1H3. The van der Waals surface area contributed by atoms with Gasteiger partial charge in [-0.25, -0.2) is 13.8 Å². The number of nitrogens with two attached hydrogens (primary N) is 1. The first-order valence-corrected chi connectivity index (χ1v) is 7.18. The van der Waals surface area contributed by atoms with Crippen LogP contribution in [0.5, 0.6) is 0 Å². The van der Waals surface area contributed by atoms with Crippen LogP contribution in [0.25, 0.3) is 0 Å². The van der Waals surface area contributed by atoms with Crippen molar-refractivity contribution in [2.45, 2.75) is 5.54 Å². The topological polar surface area (TPSA) is 67.6 Å². The molecule has 0 aliphatic heterocycles. The average molecular weight is 324 g/mol. The fourth-order valence-corrected chi connectivity index (χ4v) is 2.76. The highest BCUT2D eigenvalue weighted by molar-refractivity contribution is 5.48. The molecule has 0 saturated carbocycles. The van der Waals surface area contributed by atoms with E-state index in [-0.39, 0.29) is 5.56 Å². The van der Waals surface area contributed by atoms with E-state index in [1.54, 1.807) is 48.4 Å². The van der Waals surface area contributed by atoms with E-state index < -0.39 is 17.2 Å². The second-order valence-electron chi connectivity index (χ2n) is 5.51. The van der Waals surface area contributed by atoms with Gasteiger partial charge in [0.15, 0.2) is 0 Å². The fraction of sp³-hybridized carbons (Fsp3) is 0.111. The van der Waals surface area contributed by atoms with Crippen LogP contribution in [0, 0.1) is 23.0 Å². The van der Waals surface area contributed by atoms with Gasteiger partial charge in [-0.15, -0.1) is 0 Å². The second kappa shape index (κ2) is 5.87. The normalized spacial score (nSPS) is 13.3. The molecule has 0 amide bonds. The quantitative estimate of drug-likeness (QED) is 0.805. The first kappa shape index (κ1) is 15.8. The molecule has 0 radical (unpaired) electrons. The summed E-state index contributed by atoms with van der Waals surface area (Å²) in [7, 11) is 1.77. The predicted octanol–water partition coefficient (Wildman–Crippen LogP) is 2.82. The average Bonchev–Trinajstić information content (AvgIpc) is 3.01. The summed E-state index contributed by atoms with van der Waals surface area (Å²) in [4.78, 5) is 4.08. The molecule has 0 fully saturated rings. The van der Waals surface area contributed by atoms with Crippen LogP contribution in [0.3, 0.4) is 0 Å². The highest BCUT2D eigenvalue weighted by Crippen LogP contribution is 2.34. The molecule has 1 heterocycles. The number of benzene rings is 2. The second-order valence-corrected chi connectivity index (χ2v) is 5.51. The molecular weight excluding hydrogens is 310 g/mol. The zero-order valence-electron chi connectivity index (χ0n) is 12.9. The maximum atomic E-state index is 14.1. The van der Waals surface area contributed by atoms with Crippen LogP contribution in [0.1, 0.15) is 22.4 Å². The molecule has 4 nitrogen and oxygen atoms in total. The first-order valence-electron chi connectivity index (χ1n) is 7.18. The van der Waals surface area contributed by atoms with Crippen LogP contribution in [0.4, 0.5) is 8.78 Å². The SMILES string of the molecule is Cn1cncc1C(N)(c1ccc(F)cc1)c1ccc(C#N)c(F)c1. The molecule has 0 aliphatic carbocycles. The fourth-order valence-electron chi connectivity index (χ4n) is 2.76. The van der Waals surface area contributed by atoms with Crippen molar-refractivity contribution in [3.63, 3.8) is 0 Å². The number of hydrogen-bond acceptors (Lipinski definition) is 3. The van der Waals surface area contributed by atoms with Crippen molar-refractivity contribution >= 4 is 0 Å². The van der Waals surface area contributed by atoms with Crippen LogP contribution < -0.4 is 5.73 Å². The summed E-state index contributed by atoms with van der Waals surface area (Å²) in [6.07, 6.45) is 3.17. The summed E-state index contributed by atoms with van der Waals surface area (Å²) in [5, 5.41) is 8.91. The Labute approximate surface area is 137 Å². The summed E-state index contributed by atoms with van der Waals surface area (Å²) in [6.45, 7) is 0. The summed E-state index contributed by atoms with van der Waals surface area (Å²) in [5.74, 6) is -1.05. The molecule has 2 aromatic carbocycles. The molecule has 120 valence electrons. The lowest BCUT2D eigenvalue weighted by molar-refractivity contribution is 0.574. The van der Waals surface area contributed by atoms with Gasteiger partial charge in [-0.1, -0.05) is 18.2 Å². The maximum absolute atomic E-state index is 14.1. The van der Waals surface area contributed by atoms with E-state index >= 15 is 0 Å². The molecule has 1 atom stereocenters. The molecule has 1 aromatic heterocycles. The van der Waals surface area contributed by atoms with Crippen molar-refractivity contribution in [3.05, 3.63) is 89.0 Å². The van der Waals surface area contributed by atoms with Gasteiger partial charge in [0, 0.05) is 7.05 Å². The van der Waals surface area contributed by atoms with Gasteiger partial charge in [0.05, 0.1) is 23.8 Å². The van der Waals surface area contributed by atoms with E-state index in [2.05, 4.69) is 4.98 Å². The molecule has 0 bridgehead atoms. The van der Waals surface area contributed by atoms with Gasteiger partial charge in [0.2, 0.25) is 0 Å². The van der Waals surface area contributed by atoms with E-state index in [1.807, 2.05) is 0 Å². The van der Waals surface area contributed by atoms with Crippen molar-refractivity contribution in [3.8, 4) is 6.07 Å². The molecule has 0 saturated heterocycles. The van der Waals surface area contributed by atoms with E-state index in [0.717, 1.165) is 0 Å². The van der Waals surface area contributed by atoms with Gasteiger partial charge in [0.1, 0.15) is 23.2 Å². The molecule has 0 spiro atoms. The molecule has 3 aromatic rings. The monoisotopic (exact) mass is 324 g/mol. The minimum Gasteiger partial charge on any atom is -0.336 e. The third kappa shape index (κ3) is 2.45. The Morgan fingerprint density at radius 1 is 1.12 bits per heavy atom. The van der Waals surface area contributed by atoms with Crippen molar-refractivity contribution < 1.29 is 8.78 Å². The van der Waals surface area contributed by atoms with Gasteiger partial charge < -0.3 is 10.3 Å². The van der Waals surface area contributed by atoms with E-state index in [4.69, 9.17) is 11.0 Å². The lowest BCUT2D eigenvalue weighted by Gasteiger charge is -2.31. The van der Waals surface area contributed by atoms with Gasteiger partial charge >= 0.3 is 0 Å². The van der Waals surface area contributed by atoms with Crippen LogP contribution in [-0.2, 0) is 12.6 Å². The Kier molecular flexibility index (Phi) is 3.87. The Morgan fingerprint density at radius 3 is 2.33 bits per heavy atom. The van der Waals surface area contributed by atoms with Crippen LogP contribution in [0.15, 0.2) is 55.0 Å².